The first kappa shape index (κ1) is 11.1. The van der Waals surface area contributed by atoms with Crippen molar-refractivity contribution in [3.8, 4) is 0 Å². The van der Waals surface area contributed by atoms with Crippen molar-refractivity contribution in [2.75, 3.05) is 0 Å². The minimum atomic E-state index is -0.381. The van der Waals surface area contributed by atoms with Crippen LogP contribution in [0.2, 0.25) is 0 Å². The van der Waals surface area contributed by atoms with Gasteiger partial charge in [-0.25, -0.2) is 0 Å². The first-order chi connectivity index (χ1) is 7.66. The van der Waals surface area contributed by atoms with Crippen LogP contribution in [0.15, 0.2) is 24.3 Å². The Morgan fingerprint density at radius 2 is 1.69 bits per heavy atom. The van der Waals surface area contributed by atoms with E-state index < -0.39 is 0 Å². The van der Waals surface area contributed by atoms with Gasteiger partial charge in [-0.3, -0.25) is 10.1 Å². The van der Waals surface area contributed by atoms with Crippen molar-refractivity contribution in [2.24, 2.45) is 0 Å². The highest BCUT2D eigenvalue weighted by Crippen LogP contribution is 2.33. The highest BCUT2D eigenvalue weighted by molar-refractivity contribution is 5.34. The summed E-state index contributed by atoms with van der Waals surface area (Å²) in [6, 6.07) is 6.78. The molecule has 4 nitrogen and oxygen atoms in total. The molecule has 1 aromatic carbocycles. The van der Waals surface area contributed by atoms with Crippen LogP contribution in [0.25, 0.3) is 0 Å². The van der Waals surface area contributed by atoms with Crippen LogP contribution in [0.3, 0.4) is 0 Å². The van der Waals surface area contributed by atoms with E-state index in [0.29, 0.717) is 5.92 Å². The molecule has 1 fully saturated rings. The van der Waals surface area contributed by atoms with E-state index in [0.717, 1.165) is 31.2 Å². The second-order valence-electron chi connectivity index (χ2n) is 4.35. The molecule has 0 bridgehead atoms. The van der Waals surface area contributed by atoms with E-state index in [2.05, 4.69) is 0 Å². The number of hydrogen-bond donors (Lipinski definition) is 1. The smallest absolute Gasteiger partial charge is 0.269 e. The zero-order chi connectivity index (χ0) is 11.5. The summed E-state index contributed by atoms with van der Waals surface area (Å²) in [5.74, 6) is 0.448. The highest BCUT2D eigenvalue weighted by atomic mass is 16.6. The SMILES string of the molecule is O=[N+]([O-])c1ccc([C@H]2CC[C@H](O)CC2)cc1. The molecule has 0 saturated heterocycles. The molecule has 16 heavy (non-hydrogen) atoms. The molecule has 1 N–H and O–H groups in total. The Hall–Kier alpha value is -1.42. The third-order valence-electron chi connectivity index (χ3n) is 3.27. The summed E-state index contributed by atoms with van der Waals surface area (Å²) in [7, 11) is 0. The molecular weight excluding hydrogens is 206 g/mol. The van der Waals surface area contributed by atoms with Crippen molar-refractivity contribution in [1.29, 1.82) is 0 Å². The molecule has 4 heteroatoms. The Bertz CT molecular complexity index is 366. The zero-order valence-electron chi connectivity index (χ0n) is 9.00. The molecule has 0 spiro atoms. The molecule has 86 valence electrons. The van der Waals surface area contributed by atoms with E-state index in [1.54, 1.807) is 12.1 Å². The maximum absolute atomic E-state index is 10.5. The molecule has 0 heterocycles. The fourth-order valence-corrected chi connectivity index (χ4v) is 2.28. The third-order valence-corrected chi connectivity index (χ3v) is 3.27. The van der Waals surface area contributed by atoms with Gasteiger partial charge in [-0.05, 0) is 37.2 Å². The molecule has 0 amide bonds. The maximum atomic E-state index is 10.5. The summed E-state index contributed by atoms with van der Waals surface area (Å²) in [5, 5.41) is 19.9. The minimum Gasteiger partial charge on any atom is -0.393 e. The quantitative estimate of drug-likeness (QED) is 0.616. The Kier molecular flexibility index (Phi) is 3.19. The molecular formula is C12H15NO3. The monoisotopic (exact) mass is 221 g/mol. The van der Waals surface area contributed by atoms with Crippen LogP contribution < -0.4 is 0 Å². The molecule has 2 rings (SSSR count). The lowest BCUT2D eigenvalue weighted by Crippen LogP contribution is -2.16. The first-order valence-electron chi connectivity index (χ1n) is 5.59. The predicted octanol–water partition coefficient (Wildman–Crippen LogP) is 2.61. The van der Waals surface area contributed by atoms with E-state index in [1.807, 2.05) is 12.1 Å². The van der Waals surface area contributed by atoms with Gasteiger partial charge in [0.05, 0.1) is 11.0 Å². The van der Waals surface area contributed by atoms with Crippen LogP contribution in [-0.2, 0) is 0 Å². The van der Waals surface area contributed by atoms with Gasteiger partial charge >= 0.3 is 0 Å². The van der Waals surface area contributed by atoms with E-state index in [1.165, 1.54) is 0 Å². The van der Waals surface area contributed by atoms with Gasteiger partial charge in [0.15, 0.2) is 0 Å². The number of nitrogens with zero attached hydrogens (tertiary/aromatic N) is 1. The molecule has 0 aromatic heterocycles. The molecule has 0 unspecified atom stereocenters. The average Bonchev–Trinajstić information content (AvgIpc) is 2.30. The second kappa shape index (κ2) is 4.61. The van der Waals surface area contributed by atoms with Gasteiger partial charge in [0.2, 0.25) is 0 Å². The van der Waals surface area contributed by atoms with Gasteiger partial charge in [-0.15, -0.1) is 0 Å². The van der Waals surface area contributed by atoms with Crippen molar-refractivity contribution in [2.45, 2.75) is 37.7 Å². The fourth-order valence-electron chi connectivity index (χ4n) is 2.28. The highest BCUT2D eigenvalue weighted by Gasteiger charge is 2.21. The van der Waals surface area contributed by atoms with Crippen LogP contribution in [0.4, 0.5) is 5.69 Å². The predicted molar refractivity (Wildman–Crippen MR) is 60.3 cm³/mol. The normalized spacial score (nSPS) is 25.3. The topological polar surface area (TPSA) is 63.4 Å². The van der Waals surface area contributed by atoms with Crippen LogP contribution in [-0.4, -0.2) is 16.1 Å². The van der Waals surface area contributed by atoms with Gasteiger partial charge in [0.1, 0.15) is 0 Å². The number of benzene rings is 1. The van der Waals surface area contributed by atoms with Gasteiger partial charge in [-0.1, -0.05) is 12.1 Å². The Morgan fingerprint density at radius 3 is 2.19 bits per heavy atom. The molecule has 1 aromatic rings. The lowest BCUT2D eigenvalue weighted by molar-refractivity contribution is -0.384. The van der Waals surface area contributed by atoms with Gasteiger partial charge < -0.3 is 5.11 Å². The molecule has 1 aliphatic carbocycles. The van der Waals surface area contributed by atoms with Crippen molar-refractivity contribution >= 4 is 5.69 Å². The number of nitro groups is 1. The summed E-state index contributed by atoms with van der Waals surface area (Å²) >= 11 is 0. The van der Waals surface area contributed by atoms with E-state index in [-0.39, 0.29) is 16.7 Å². The van der Waals surface area contributed by atoms with Crippen molar-refractivity contribution in [3.63, 3.8) is 0 Å². The van der Waals surface area contributed by atoms with Gasteiger partial charge in [0.25, 0.3) is 5.69 Å². The Labute approximate surface area is 94.1 Å². The molecule has 0 atom stereocenters. The number of aliphatic hydroxyl groups excluding tert-OH is 1. The lowest BCUT2D eigenvalue weighted by Gasteiger charge is -2.25. The third kappa shape index (κ3) is 2.39. The van der Waals surface area contributed by atoms with Gasteiger partial charge in [-0.2, -0.15) is 0 Å². The largest absolute Gasteiger partial charge is 0.393 e. The molecule has 1 saturated carbocycles. The van der Waals surface area contributed by atoms with Crippen molar-refractivity contribution < 1.29 is 10.0 Å². The Morgan fingerprint density at radius 1 is 1.12 bits per heavy atom. The number of nitro benzene ring substituents is 1. The van der Waals surface area contributed by atoms with E-state index >= 15 is 0 Å². The van der Waals surface area contributed by atoms with Crippen molar-refractivity contribution in [3.05, 3.63) is 39.9 Å². The number of hydrogen-bond acceptors (Lipinski definition) is 3. The lowest BCUT2D eigenvalue weighted by atomic mass is 9.83. The summed E-state index contributed by atoms with van der Waals surface area (Å²) < 4.78 is 0. The number of non-ortho nitro benzene ring substituents is 1. The van der Waals surface area contributed by atoms with Crippen molar-refractivity contribution in [1.82, 2.24) is 0 Å². The summed E-state index contributed by atoms with van der Waals surface area (Å²) in [5.41, 5.74) is 1.29. The maximum Gasteiger partial charge on any atom is 0.269 e. The van der Waals surface area contributed by atoms with E-state index in [9.17, 15) is 15.2 Å². The average molecular weight is 221 g/mol. The summed E-state index contributed by atoms with van der Waals surface area (Å²) in [6.07, 6.45) is 3.45. The summed E-state index contributed by atoms with van der Waals surface area (Å²) in [6.45, 7) is 0. The summed E-state index contributed by atoms with van der Waals surface area (Å²) in [4.78, 5) is 10.1. The van der Waals surface area contributed by atoms with Crippen LogP contribution in [0.1, 0.15) is 37.2 Å². The minimum absolute atomic E-state index is 0.139. The molecule has 1 aliphatic rings. The van der Waals surface area contributed by atoms with Crippen LogP contribution >= 0.6 is 0 Å². The standard InChI is InChI=1S/C12H15NO3/c14-12-7-3-10(4-8-12)9-1-5-11(6-2-9)13(15)16/h1-2,5-6,10,12,14H,3-4,7-8H2/t10-,12-. The van der Waals surface area contributed by atoms with Crippen LogP contribution in [0, 0.1) is 10.1 Å². The zero-order valence-corrected chi connectivity index (χ0v) is 9.00. The van der Waals surface area contributed by atoms with Gasteiger partial charge in [0, 0.05) is 12.1 Å². The fraction of sp³-hybridized carbons (Fsp3) is 0.500. The number of rotatable bonds is 2. The molecule has 0 aliphatic heterocycles. The number of aliphatic hydroxyl groups is 1. The van der Waals surface area contributed by atoms with E-state index in [4.69, 9.17) is 0 Å². The second-order valence-corrected chi connectivity index (χ2v) is 4.35. The molecule has 0 radical (unpaired) electrons. The van der Waals surface area contributed by atoms with Crippen LogP contribution in [0.5, 0.6) is 0 Å². The Balaban J connectivity index is 2.07. The first-order valence-corrected chi connectivity index (χ1v) is 5.59.